The van der Waals surface area contributed by atoms with E-state index in [1.807, 2.05) is 48.5 Å². The summed E-state index contributed by atoms with van der Waals surface area (Å²) in [7, 11) is 1.56. The van der Waals surface area contributed by atoms with E-state index in [9.17, 15) is 4.79 Å². The molecule has 0 saturated carbocycles. The van der Waals surface area contributed by atoms with Crippen LogP contribution in [0.5, 0.6) is 23.0 Å². The van der Waals surface area contributed by atoms with Crippen LogP contribution in [-0.4, -0.2) is 32.8 Å². The SMILES string of the molecule is COc1ccccc1OCC(=O)Nc1cc2c(cc1Sc1ccccc1)OCCO2. The minimum absolute atomic E-state index is 0.149. The van der Waals surface area contributed by atoms with Gasteiger partial charge in [-0.2, -0.15) is 0 Å². The second kappa shape index (κ2) is 9.45. The Bertz CT molecular complexity index is 1030. The number of hydrogen-bond acceptors (Lipinski definition) is 6. The number of rotatable bonds is 7. The molecular formula is C23H21NO5S. The second-order valence-electron chi connectivity index (χ2n) is 6.39. The van der Waals surface area contributed by atoms with Gasteiger partial charge in [0.15, 0.2) is 29.6 Å². The molecule has 1 amide bonds. The Balaban J connectivity index is 1.52. The number of anilines is 1. The number of benzene rings is 3. The van der Waals surface area contributed by atoms with Gasteiger partial charge in [0.2, 0.25) is 0 Å². The fourth-order valence-electron chi connectivity index (χ4n) is 2.94. The van der Waals surface area contributed by atoms with Crippen molar-refractivity contribution in [2.45, 2.75) is 9.79 Å². The molecule has 1 heterocycles. The molecule has 154 valence electrons. The van der Waals surface area contributed by atoms with Crippen LogP contribution in [0.15, 0.2) is 76.5 Å². The second-order valence-corrected chi connectivity index (χ2v) is 7.51. The summed E-state index contributed by atoms with van der Waals surface area (Å²) >= 11 is 1.54. The van der Waals surface area contributed by atoms with E-state index in [0.29, 0.717) is 41.9 Å². The van der Waals surface area contributed by atoms with E-state index >= 15 is 0 Å². The molecule has 1 aliphatic rings. The Labute approximate surface area is 179 Å². The normalized spacial score (nSPS) is 12.2. The van der Waals surface area contributed by atoms with Crippen LogP contribution in [0.25, 0.3) is 0 Å². The molecule has 0 spiro atoms. The molecule has 0 bridgehead atoms. The predicted octanol–water partition coefficient (Wildman–Crippen LogP) is 4.64. The van der Waals surface area contributed by atoms with E-state index in [1.54, 1.807) is 25.3 Å². The van der Waals surface area contributed by atoms with Crippen LogP contribution in [0.2, 0.25) is 0 Å². The maximum absolute atomic E-state index is 12.6. The van der Waals surface area contributed by atoms with E-state index in [1.165, 1.54) is 11.8 Å². The number of fused-ring (bicyclic) bond motifs is 1. The van der Waals surface area contributed by atoms with E-state index < -0.39 is 0 Å². The first kappa shape index (κ1) is 20.0. The van der Waals surface area contributed by atoms with Crippen molar-refractivity contribution in [1.82, 2.24) is 0 Å². The number of carbonyl (C=O) groups excluding carboxylic acids is 1. The van der Waals surface area contributed by atoms with E-state index in [0.717, 1.165) is 9.79 Å². The maximum atomic E-state index is 12.6. The van der Waals surface area contributed by atoms with Gasteiger partial charge in [-0.15, -0.1) is 0 Å². The molecule has 0 aromatic heterocycles. The van der Waals surface area contributed by atoms with Crippen LogP contribution in [0.1, 0.15) is 0 Å². The van der Waals surface area contributed by atoms with Gasteiger partial charge in [0.05, 0.1) is 12.8 Å². The Morgan fingerprint density at radius 1 is 0.967 bits per heavy atom. The summed E-state index contributed by atoms with van der Waals surface area (Å²) in [5.74, 6) is 2.08. The third-order valence-electron chi connectivity index (χ3n) is 4.32. The average Bonchev–Trinajstić information content (AvgIpc) is 2.79. The molecule has 30 heavy (non-hydrogen) atoms. The summed E-state index contributed by atoms with van der Waals surface area (Å²) in [5, 5.41) is 2.93. The highest BCUT2D eigenvalue weighted by Crippen LogP contribution is 2.42. The van der Waals surface area contributed by atoms with Crippen LogP contribution in [0.4, 0.5) is 5.69 Å². The van der Waals surface area contributed by atoms with Gasteiger partial charge in [-0.25, -0.2) is 0 Å². The lowest BCUT2D eigenvalue weighted by Gasteiger charge is -2.21. The van der Waals surface area contributed by atoms with Gasteiger partial charge in [-0.1, -0.05) is 42.1 Å². The molecular weight excluding hydrogens is 402 g/mol. The van der Waals surface area contributed by atoms with Crippen LogP contribution >= 0.6 is 11.8 Å². The number of nitrogens with one attached hydrogen (secondary N) is 1. The van der Waals surface area contributed by atoms with Crippen LogP contribution < -0.4 is 24.3 Å². The van der Waals surface area contributed by atoms with Crippen molar-refractivity contribution in [2.24, 2.45) is 0 Å². The molecule has 0 aliphatic carbocycles. The zero-order chi connectivity index (χ0) is 20.8. The molecule has 1 aliphatic heterocycles. The van der Waals surface area contributed by atoms with Crippen molar-refractivity contribution in [3.8, 4) is 23.0 Å². The molecule has 4 rings (SSSR count). The largest absolute Gasteiger partial charge is 0.493 e. The standard InChI is InChI=1S/C23H21NO5S/c1-26-18-9-5-6-10-19(18)29-15-23(25)24-17-13-20-21(28-12-11-27-20)14-22(17)30-16-7-3-2-4-8-16/h2-10,13-14H,11-12,15H2,1H3,(H,24,25). The van der Waals surface area contributed by atoms with Crippen molar-refractivity contribution in [3.05, 3.63) is 66.7 Å². The van der Waals surface area contributed by atoms with Crippen molar-refractivity contribution in [2.75, 3.05) is 32.2 Å². The van der Waals surface area contributed by atoms with Crippen molar-refractivity contribution in [3.63, 3.8) is 0 Å². The number of para-hydroxylation sites is 2. The number of carbonyl (C=O) groups is 1. The van der Waals surface area contributed by atoms with Gasteiger partial charge in [-0.3, -0.25) is 4.79 Å². The highest BCUT2D eigenvalue weighted by atomic mass is 32.2. The first-order chi connectivity index (χ1) is 14.7. The average molecular weight is 423 g/mol. The maximum Gasteiger partial charge on any atom is 0.262 e. The number of methoxy groups -OCH3 is 1. The van der Waals surface area contributed by atoms with Gasteiger partial charge in [0, 0.05) is 21.9 Å². The third kappa shape index (κ3) is 4.80. The summed E-state index contributed by atoms with van der Waals surface area (Å²) in [6, 6.07) is 20.8. The Hall–Kier alpha value is -3.32. The minimum Gasteiger partial charge on any atom is -0.493 e. The highest BCUT2D eigenvalue weighted by Gasteiger charge is 2.18. The number of amides is 1. The summed E-state index contributed by atoms with van der Waals surface area (Å²) in [5.41, 5.74) is 0.640. The van der Waals surface area contributed by atoms with Gasteiger partial charge in [-0.05, 0) is 24.3 Å². The van der Waals surface area contributed by atoms with Crippen molar-refractivity contribution < 1.29 is 23.7 Å². The number of hydrogen-bond donors (Lipinski definition) is 1. The van der Waals surface area contributed by atoms with Gasteiger partial charge < -0.3 is 24.3 Å². The molecule has 0 radical (unpaired) electrons. The Morgan fingerprint density at radius 2 is 1.63 bits per heavy atom. The molecule has 1 N–H and O–H groups in total. The molecule has 0 fully saturated rings. The third-order valence-corrected chi connectivity index (χ3v) is 5.38. The lowest BCUT2D eigenvalue weighted by molar-refractivity contribution is -0.118. The van der Waals surface area contributed by atoms with Crippen molar-refractivity contribution in [1.29, 1.82) is 0 Å². The molecule has 3 aromatic carbocycles. The quantitative estimate of drug-likeness (QED) is 0.598. The zero-order valence-electron chi connectivity index (χ0n) is 16.4. The molecule has 0 saturated heterocycles. The summed E-state index contributed by atoms with van der Waals surface area (Å²) in [6.07, 6.45) is 0. The molecule has 0 unspecified atom stereocenters. The summed E-state index contributed by atoms with van der Waals surface area (Å²) in [4.78, 5) is 14.5. The fraction of sp³-hybridized carbons (Fsp3) is 0.174. The molecule has 7 heteroatoms. The van der Waals surface area contributed by atoms with Gasteiger partial charge in [0.1, 0.15) is 13.2 Å². The number of ether oxygens (including phenoxy) is 4. The van der Waals surface area contributed by atoms with E-state index in [4.69, 9.17) is 18.9 Å². The van der Waals surface area contributed by atoms with Gasteiger partial charge in [0.25, 0.3) is 5.91 Å². The monoisotopic (exact) mass is 423 g/mol. The van der Waals surface area contributed by atoms with Crippen LogP contribution in [0.3, 0.4) is 0 Å². The highest BCUT2D eigenvalue weighted by molar-refractivity contribution is 7.99. The summed E-state index contributed by atoms with van der Waals surface area (Å²) < 4.78 is 22.3. The van der Waals surface area contributed by atoms with Gasteiger partial charge >= 0.3 is 0 Å². The molecule has 6 nitrogen and oxygen atoms in total. The Morgan fingerprint density at radius 3 is 2.37 bits per heavy atom. The topological polar surface area (TPSA) is 66.0 Å². The first-order valence-electron chi connectivity index (χ1n) is 9.45. The minimum atomic E-state index is -0.285. The van der Waals surface area contributed by atoms with Crippen molar-refractivity contribution >= 4 is 23.4 Å². The first-order valence-corrected chi connectivity index (χ1v) is 10.3. The summed E-state index contributed by atoms with van der Waals surface area (Å²) in [6.45, 7) is 0.827. The van der Waals surface area contributed by atoms with Crippen LogP contribution in [0, 0.1) is 0 Å². The zero-order valence-corrected chi connectivity index (χ0v) is 17.2. The van der Waals surface area contributed by atoms with E-state index in [-0.39, 0.29) is 12.5 Å². The smallest absolute Gasteiger partial charge is 0.262 e. The molecule has 0 atom stereocenters. The fourth-order valence-corrected chi connectivity index (χ4v) is 3.87. The van der Waals surface area contributed by atoms with E-state index in [2.05, 4.69) is 5.32 Å². The van der Waals surface area contributed by atoms with Crippen LogP contribution in [-0.2, 0) is 4.79 Å². The predicted molar refractivity (Wildman–Crippen MR) is 115 cm³/mol. The molecule has 3 aromatic rings. The lowest BCUT2D eigenvalue weighted by Crippen LogP contribution is -2.21. The lowest BCUT2D eigenvalue weighted by atomic mass is 10.2. The Kier molecular flexibility index (Phi) is 6.29.